The fraction of sp³-hybridized carbons (Fsp3) is 0.438. The van der Waals surface area contributed by atoms with Crippen molar-refractivity contribution in [3.05, 3.63) is 41.5 Å². The molecule has 2 nitrogen and oxygen atoms in total. The van der Waals surface area contributed by atoms with Crippen LogP contribution in [0.3, 0.4) is 0 Å². The van der Waals surface area contributed by atoms with Crippen molar-refractivity contribution in [2.75, 3.05) is 6.54 Å². The van der Waals surface area contributed by atoms with Gasteiger partial charge in [-0.15, -0.1) is 0 Å². The van der Waals surface area contributed by atoms with Crippen molar-refractivity contribution >= 4 is 12.0 Å². The molecular formula is C16H23NO. The van der Waals surface area contributed by atoms with E-state index in [4.69, 9.17) is 0 Å². The molecule has 0 saturated heterocycles. The smallest absolute Gasteiger partial charge is 0.251 e. The molecule has 1 amide bonds. The summed E-state index contributed by atoms with van der Waals surface area (Å²) in [5.41, 5.74) is 1.87. The van der Waals surface area contributed by atoms with Crippen LogP contribution in [0.4, 0.5) is 0 Å². The zero-order valence-corrected chi connectivity index (χ0v) is 11.6. The Morgan fingerprint density at radius 3 is 2.50 bits per heavy atom. The fourth-order valence-corrected chi connectivity index (χ4v) is 1.53. The fourth-order valence-electron chi connectivity index (χ4n) is 1.53. The largest absolute Gasteiger partial charge is 0.352 e. The predicted molar refractivity (Wildman–Crippen MR) is 77.6 cm³/mol. The van der Waals surface area contributed by atoms with Gasteiger partial charge in [-0.05, 0) is 30.0 Å². The molecule has 98 valence electrons. The number of hydrogen-bond acceptors (Lipinski definition) is 1. The second kappa shape index (κ2) is 7.70. The molecule has 1 rings (SSSR count). The molecule has 1 aromatic carbocycles. The topological polar surface area (TPSA) is 29.1 Å². The molecule has 0 spiro atoms. The van der Waals surface area contributed by atoms with Gasteiger partial charge in [0, 0.05) is 12.1 Å². The van der Waals surface area contributed by atoms with Crippen molar-refractivity contribution in [1.82, 2.24) is 5.32 Å². The molecule has 18 heavy (non-hydrogen) atoms. The van der Waals surface area contributed by atoms with Gasteiger partial charge in [-0.3, -0.25) is 4.79 Å². The van der Waals surface area contributed by atoms with Gasteiger partial charge in [-0.2, -0.15) is 0 Å². The SMILES string of the molecule is CCC/C=C/c1ccc(C(=O)NCC(C)C)cc1. The summed E-state index contributed by atoms with van der Waals surface area (Å²) in [5.74, 6) is 0.484. The van der Waals surface area contributed by atoms with Gasteiger partial charge in [0.25, 0.3) is 5.91 Å². The van der Waals surface area contributed by atoms with Crippen LogP contribution in [-0.2, 0) is 0 Å². The molecule has 0 bridgehead atoms. The van der Waals surface area contributed by atoms with Gasteiger partial charge in [0.15, 0.2) is 0 Å². The van der Waals surface area contributed by atoms with Crippen molar-refractivity contribution in [1.29, 1.82) is 0 Å². The van der Waals surface area contributed by atoms with E-state index in [0.717, 1.165) is 30.5 Å². The van der Waals surface area contributed by atoms with Crippen LogP contribution in [-0.4, -0.2) is 12.5 Å². The van der Waals surface area contributed by atoms with Gasteiger partial charge in [0.1, 0.15) is 0 Å². The van der Waals surface area contributed by atoms with Crippen LogP contribution in [0.1, 0.15) is 49.5 Å². The van der Waals surface area contributed by atoms with E-state index in [1.54, 1.807) is 0 Å². The highest BCUT2D eigenvalue weighted by atomic mass is 16.1. The Kier molecular flexibility index (Phi) is 6.20. The average Bonchev–Trinajstić information content (AvgIpc) is 2.37. The maximum atomic E-state index is 11.8. The highest BCUT2D eigenvalue weighted by molar-refractivity contribution is 5.94. The van der Waals surface area contributed by atoms with Crippen molar-refractivity contribution in [3.8, 4) is 0 Å². The number of unbranched alkanes of at least 4 members (excludes halogenated alkanes) is 1. The third-order valence-corrected chi connectivity index (χ3v) is 2.61. The molecule has 1 N–H and O–H groups in total. The monoisotopic (exact) mass is 245 g/mol. The number of carbonyl (C=O) groups excluding carboxylic acids is 1. The van der Waals surface area contributed by atoms with Gasteiger partial charge < -0.3 is 5.32 Å². The Bertz CT molecular complexity index is 390. The summed E-state index contributed by atoms with van der Waals surface area (Å²) in [6, 6.07) is 7.72. The number of hydrogen-bond donors (Lipinski definition) is 1. The maximum absolute atomic E-state index is 11.8. The zero-order valence-electron chi connectivity index (χ0n) is 11.6. The molecule has 0 saturated carbocycles. The number of carbonyl (C=O) groups is 1. The van der Waals surface area contributed by atoms with E-state index >= 15 is 0 Å². The van der Waals surface area contributed by atoms with Crippen LogP contribution in [0.5, 0.6) is 0 Å². The van der Waals surface area contributed by atoms with E-state index in [0.29, 0.717) is 5.92 Å². The third-order valence-electron chi connectivity index (χ3n) is 2.61. The number of allylic oxidation sites excluding steroid dienone is 1. The number of benzene rings is 1. The molecule has 1 aromatic rings. The highest BCUT2D eigenvalue weighted by Crippen LogP contribution is 2.07. The van der Waals surface area contributed by atoms with Gasteiger partial charge in [0.05, 0.1) is 0 Å². The summed E-state index contributed by atoms with van der Waals surface area (Å²) in [6.45, 7) is 7.05. The van der Waals surface area contributed by atoms with E-state index in [9.17, 15) is 4.79 Å². The normalized spacial score (nSPS) is 11.1. The molecule has 0 aliphatic carbocycles. The number of amides is 1. The van der Waals surface area contributed by atoms with Crippen molar-refractivity contribution in [2.45, 2.75) is 33.6 Å². The lowest BCUT2D eigenvalue weighted by Gasteiger charge is -2.07. The van der Waals surface area contributed by atoms with E-state index < -0.39 is 0 Å². The second-order valence-corrected chi connectivity index (χ2v) is 4.92. The summed E-state index contributed by atoms with van der Waals surface area (Å²) in [5, 5.41) is 2.91. The predicted octanol–water partition coefficient (Wildman–Crippen LogP) is 3.89. The Morgan fingerprint density at radius 1 is 1.28 bits per heavy atom. The molecule has 0 fully saturated rings. The first kappa shape index (κ1) is 14.5. The zero-order chi connectivity index (χ0) is 13.4. The lowest BCUT2D eigenvalue weighted by molar-refractivity contribution is 0.0949. The summed E-state index contributed by atoms with van der Waals surface area (Å²) in [7, 11) is 0. The number of nitrogens with one attached hydrogen (secondary N) is 1. The third kappa shape index (κ3) is 5.17. The van der Waals surface area contributed by atoms with E-state index in [1.165, 1.54) is 0 Å². The van der Waals surface area contributed by atoms with E-state index in [-0.39, 0.29) is 5.91 Å². The minimum absolute atomic E-state index is 0.00721. The first-order chi connectivity index (χ1) is 8.63. The minimum atomic E-state index is 0.00721. The molecule has 0 heterocycles. The van der Waals surface area contributed by atoms with Crippen LogP contribution in [0.25, 0.3) is 6.08 Å². The molecule has 2 heteroatoms. The summed E-state index contributed by atoms with van der Waals surface area (Å²) in [6.07, 6.45) is 6.51. The molecule has 0 aromatic heterocycles. The molecular weight excluding hydrogens is 222 g/mol. The van der Waals surface area contributed by atoms with Crippen molar-refractivity contribution < 1.29 is 4.79 Å². The summed E-state index contributed by atoms with van der Waals surface area (Å²) < 4.78 is 0. The van der Waals surface area contributed by atoms with Gasteiger partial charge in [-0.1, -0.05) is 51.5 Å². The van der Waals surface area contributed by atoms with Crippen molar-refractivity contribution in [2.24, 2.45) is 5.92 Å². The van der Waals surface area contributed by atoms with E-state index in [1.807, 2.05) is 24.3 Å². The Morgan fingerprint density at radius 2 is 1.94 bits per heavy atom. The van der Waals surface area contributed by atoms with Crippen molar-refractivity contribution in [3.63, 3.8) is 0 Å². The number of rotatable bonds is 6. The minimum Gasteiger partial charge on any atom is -0.352 e. The van der Waals surface area contributed by atoms with Gasteiger partial charge in [-0.25, -0.2) is 0 Å². The Balaban J connectivity index is 2.56. The first-order valence-electron chi connectivity index (χ1n) is 6.68. The Hall–Kier alpha value is -1.57. The average molecular weight is 245 g/mol. The van der Waals surface area contributed by atoms with Gasteiger partial charge >= 0.3 is 0 Å². The van der Waals surface area contributed by atoms with Gasteiger partial charge in [0.2, 0.25) is 0 Å². The van der Waals surface area contributed by atoms with Crippen LogP contribution in [0.15, 0.2) is 30.3 Å². The Labute approximate surface area is 110 Å². The lowest BCUT2D eigenvalue weighted by atomic mass is 10.1. The van der Waals surface area contributed by atoms with Crippen LogP contribution >= 0.6 is 0 Å². The molecule has 0 radical (unpaired) electrons. The second-order valence-electron chi connectivity index (χ2n) is 4.92. The quantitative estimate of drug-likeness (QED) is 0.809. The molecule has 0 atom stereocenters. The van der Waals surface area contributed by atoms with Crippen LogP contribution in [0.2, 0.25) is 0 Å². The van der Waals surface area contributed by atoms with Crippen LogP contribution < -0.4 is 5.32 Å². The standard InChI is InChI=1S/C16H23NO/c1-4-5-6-7-14-8-10-15(11-9-14)16(18)17-12-13(2)3/h6-11,13H,4-5,12H2,1-3H3,(H,17,18)/b7-6+. The molecule has 0 unspecified atom stereocenters. The molecule has 0 aliphatic rings. The highest BCUT2D eigenvalue weighted by Gasteiger charge is 2.04. The summed E-state index contributed by atoms with van der Waals surface area (Å²) in [4.78, 5) is 11.8. The summed E-state index contributed by atoms with van der Waals surface area (Å²) >= 11 is 0. The first-order valence-corrected chi connectivity index (χ1v) is 6.68. The van der Waals surface area contributed by atoms with E-state index in [2.05, 4.69) is 38.2 Å². The van der Waals surface area contributed by atoms with Crippen LogP contribution in [0, 0.1) is 5.92 Å². The molecule has 0 aliphatic heterocycles. The lowest BCUT2D eigenvalue weighted by Crippen LogP contribution is -2.27. The maximum Gasteiger partial charge on any atom is 0.251 e.